The van der Waals surface area contributed by atoms with E-state index in [0.717, 1.165) is 11.1 Å². The number of ketones is 1. The number of carbonyl (C=O) groups is 1. The van der Waals surface area contributed by atoms with Gasteiger partial charge in [-0.2, -0.15) is 0 Å². The number of halogens is 3. The minimum Gasteiger partial charge on any atom is -0.289 e. The molecule has 0 aliphatic carbocycles. The standard InChI is InChI=1S/C19H11Cl3O/c20-14-6-7-17(13-8-15(21)10-16(22)9-13)18(11-14)19(23)12-4-2-1-3-5-12/h1-11H. The molecule has 0 unspecified atom stereocenters. The van der Waals surface area contributed by atoms with Gasteiger partial charge in [0.05, 0.1) is 0 Å². The SMILES string of the molecule is O=C(c1ccccc1)c1cc(Cl)ccc1-c1cc(Cl)cc(Cl)c1. The Balaban J connectivity index is 2.17. The predicted molar refractivity (Wildman–Crippen MR) is 96.8 cm³/mol. The zero-order chi connectivity index (χ0) is 16.4. The van der Waals surface area contributed by atoms with E-state index in [9.17, 15) is 4.79 Å². The Hall–Kier alpha value is -1.80. The first kappa shape index (κ1) is 16.1. The second kappa shape index (κ2) is 6.76. The Morgan fingerprint density at radius 2 is 1.35 bits per heavy atom. The van der Waals surface area contributed by atoms with E-state index in [2.05, 4.69) is 0 Å². The van der Waals surface area contributed by atoms with Crippen molar-refractivity contribution in [1.29, 1.82) is 0 Å². The average Bonchev–Trinajstić information content (AvgIpc) is 2.54. The van der Waals surface area contributed by atoms with E-state index in [1.165, 1.54) is 0 Å². The zero-order valence-corrected chi connectivity index (χ0v) is 14.2. The van der Waals surface area contributed by atoms with Gasteiger partial charge in [0.2, 0.25) is 0 Å². The van der Waals surface area contributed by atoms with E-state index in [1.807, 2.05) is 18.2 Å². The molecule has 0 saturated carbocycles. The molecule has 0 amide bonds. The van der Waals surface area contributed by atoms with Crippen molar-refractivity contribution in [2.75, 3.05) is 0 Å². The van der Waals surface area contributed by atoms with Gasteiger partial charge in [0, 0.05) is 26.2 Å². The summed E-state index contributed by atoms with van der Waals surface area (Å²) in [6, 6.07) is 19.5. The maximum absolute atomic E-state index is 12.8. The molecule has 0 radical (unpaired) electrons. The summed E-state index contributed by atoms with van der Waals surface area (Å²) in [7, 11) is 0. The van der Waals surface area contributed by atoms with Gasteiger partial charge in [0.1, 0.15) is 0 Å². The van der Waals surface area contributed by atoms with Gasteiger partial charge in [-0.05, 0) is 41.5 Å². The van der Waals surface area contributed by atoms with Gasteiger partial charge in [-0.25, -0.2) is 0 Å². The van der Waals surface area contributed by atoms with Crippen molar-refractivity contribution in [2.24, 2.45) is 0 Å². The molecule has 0 aliphatic rings. The lowest BCUT2D eigenvalue weighted by molar-refractivity contribution is 0.103. The van der Waals surface area contributed by atoms with Gasteiger partial charge >= 0.3 is 0 Å². The quantitative estimate of drug-likeness (QED) is 0.484. The van der Waals surface area contributed by atoms with Crippen molar-refractivity contribution in [3.05, 3.63) is 92.9 Å². The fourth-order valence-corrected chi connectivity index (χ4v) is 3.11. The molecule has 0 saturated heterocycles. The Bertz CT molecular complexity index is 853. The van der Waals surface area contributed by atoms with Gasteiger partial charge in [-0.15, -0.1) is 0 Å². The molecule has 0 aromatic heterocycles. The summed E-state index contributed by atoms with van der Waals surface area (Å²) < 4.78 is 0. The van der Waals surface area contributed by atoms with Crippen LogP contribution >= 0.6 is 34.8 Å². The van der Waals surface area contributed by atoms with Crippen LogP contribution in [0.5, 0.6) is 0 Å². The minimum atomic E-state index is -0.0980. The Kier molecular flexibility index (Phi) is 4.72. The summed E-state index contributed by atoms with van der Waals surface area (Å²) in [5.74, 6) is -0.0980. The van der Waals surface area contributed by atoms with E-state index in [-0.39, 0.29) is 5.78 Å². The fourth-order valence-electron chi connectivity index (χ4n) is 2.41. The largest absolute Gasteiger partial charge is 0.289 e. The molecule has 0 bridgehead atoms. The predicted octanol–water partition coefficient (Wildman–Crippen LogP) is 6.54. The van der Waals surface area contributed by atoms with E-state index in [4.69, 9.17) is 34.8 Å². The van der Waals surface area contributed by atoms with Crippen LogP contribution in [0.2, 0.25) is 15.1 Å². The fraction of sp³-hybridized carbons (Fsp3) is 0. The highest BCUT2D eigenvalue weighted by molar-refractivity contribution is 6.35. The van der Waals surface area contributed by atoms with Crippen molar-refractivity contribution >= 4 is 40.6 Å². The normalized spacial score (nSPS) is 10.6. The molecule has 0 atom stereocenters. The number of rotatable bonds is 3. The van der Waals surface area contributed by atoms with Crippen molar-refractivity contribution < 1.29 is 4.79 Å². The topological polar surface area (TPSA) is 17.1 Å². The lowest BCUT2D eigenvalue weighted by atomic mass is 9.94. The number of hydrogen-bond donors (Lipinski definition) is 0. The molecule has 114 valence electrons. The average molecular weight is 362 g/mol. The van der Waals surface area contributed by atoms with Crippen LogP contribution in [0.25, 0.3) is 11.1 Å². The van der Waals surface area contributed by atoms with Crippen molar-refractivity contribution in [3.8, 4) is 11.1 Å². The zero-order valence-electron chi connectivity index (χ0n) is 11.9. The Morgan fingerprint density at radius 3 is 2.00 bits per heavy atom. The van der Waals surface area contributed by atoms with Crippen LogP contribution < -0.4 is 0 Å². The monoisotopic (exact) mass is 360 g/mol. The van der Waals surface area contributed by atoms with Crippen LogP contribution in [-0.2, 0) is 0 Å². The van der Waals surface area contributed by atoms with Crippen LogP contribution in [0.15, 0.2) is 66.7 Å². The molecule has 0 spiro atoms. The third-order valence-corrected chi connectivity index (χ3v) is 4.11. The van der Waals surface area contributed by atoms with Gasteiger partial charge in [-0.1, -0.05) is 71.2 Å². The van der Waals surface area contributed by atoms with Gasteiger partial charge < -0.3 is 0 Å². The van der Waals surface area contributed by atoms with E-state index >= 15 is 0 Å². The lowest BCUT2D eigenvalue weighted by Gasteiger charge is -2.11. The lowest BCUT2D eigenvalue weighted by Crippen LogP contribution is -2.03. The summed E-state index contributed by atoms with van der Waals surface area (Å²) in [5.41, 5.74) is 2.64. The first-order valence-corrected chi connectivity index (χ1v) is 8.04. The summed E-state index contributed by atoms with van der Waals surface area (Å²) in [5, 5.41) is 1.53. The summed E-state index contributed by atoms with van der Waals surface area (Å²) in [4.78, 5) is 12.8. The van der Waals surface area contributed by atoms with Crippen LogP contribution in [0.1, 0.15) is 15.9 Å². The van der Waals surface area contributed by atoms with Gasteiger partial charge in [0.25, 0.3) is 0 Å². The molecular formula is C19H11Cl3O. The highest BCUT2D eigenvalue weighted by Gasteiger charge is 2.16. The maximum Gasteiger partial charge on any atom is 0.193 e. The first-order chi connectivity index (χ1) is 11.0. The highest BCUT2D eigenvalue weighted by Crippen LogP contribution is 2.32. The molecule has 0 N–H and O–H groups in total. The van der Waals surface area contributed by atoms with E-state index in [1.54, 1.807) is 48.5 Å². The second-order valence-corrected chi connectivity index (χ2v) is 6.35. The molecule has 1 nitrogen and oxygen atoms in total. The van der Waals surface area contributed by atoms with Crippen LogP contribution in [0.4, 0.5) is 0 Å². The molecule has 3 aromatic carbocycles. The molecule has 23 heavy (non-hydrogen) atoms. The van der Waals surface area contributed by atoms with Crippen molar-refractivity contribution in [1.82, 2.24) is 0 Å². The smallest absolute Gasteiger partial charge is 0.193 e. The van der Waals surface area contributed by atoms with Crippen LogP contribution in [-0.4, -0.2) is 5.78 Å². The third-order valence-electron chi connectivity index (χ3n) is 3.44. The summed E-state index contributed by atoms with van der Waals surface area (Å²) >= 11 is 18.3. The molecule has 3 aromatic rings. The number of carbonyl (C=O) groups excluding carboxylic acids is 1. The van der Waals surface area contributed by atoms with Gasteiger partial charge in [-0.3, -0.25) is 4.79 Å². The molecule has 0 aliphatic heterocycles. The van der Waals surface area contributed by atoms with E-state index in [0.29, 0.717) is 26.2 Å². The van der Waals surface area contributed by atoms with Crippen LogP contribution in [0.3, 0.4) is 0 Å². The molecule has 3 rings (SSSR count). The number of hydrogen-bond acceptors (Lipinski definition) is 1. The molecule has 0 heterocycles. The van der Waals surface area contributed by atoms with E-state index < -0.39 is 0 Å². The molecule has 4 heteroatoms. The first-order valence-electron chi connectivity index (χ1n) is 6.90. The van der Waals surface area contributed by atoms with Crippen molar-refractivity contribution in [3.63, 3.8) is 0 Å². The second-order valence-electron chi connectivity index (χ2n) is 5.04. The third kappa shape index (κ3) is 3.59. The molecule has 0 fully saturated rings. The van der Waals surface area contributed by atoms with Gasteiger partial charge in [0.15, 0.2) is 5.78 Å². The maximum atomic E-state index is 12.8. The minimum absolute atomic E-state index is 0.0980. The van der Waals surface area contributed by atoms with Crippen molar-refractivity contribution in [2.45, 2.75) is 0 Å². The molecular weight excluding hydrogens is 351 g/mol. The number of benzene rings is 3. The van der Waals surface area contributed by atoms with Crippen LogP contribution in [0, 0.1) is 0 Å². The summed E-state index contributed by atoms with van der Waals surface area (Å²) in [6.07, 6.45) is 0. The Morgan fingerprint density at radius 1 is 0.696 bits per heavy atom. The highest BCUT2D eigenvalue weighted by atomic mass is 35.5. The summed E-state index contributed by atoms with van der Waals surface area (Å²) in [6.45, 7) is 0. The Labute approximate surface area is 149 Å².